The van der Waals surface area contributed by atoms with E-state index in [0.29, 0.717) is 0 Å². The van der Waals surface area contributed by atoms with Gasteiger partial charge in [0.05, 0.1) is 0 Å². The van der Waals surface area contributed by atoms with Gasteiger partial charge >= 0.3 is 5.97 Å². The maximum absolute atomic E-state index is 10.8. The Balaban J connectivity index is 2.39. The average Bonchev–Trinajstić information content (AvgIpc) is 2.73. The number of hydrogen-bond donors (Lipinski definition) is 1. The molecule has 0 atom stereocenters. The van der Waals surface area contributed by atoms with Crippen LogP contribution in [-0.4, -0.2) is 20.9 Å². The summed E-state index contributed by atoms with van der Waals surface area (Å²) >= 11 is 0. The maximum atomic E-state index is 10.8. The molecule has 1 fully saturated rings. The predicted molar refractivity (Wildman–Crippen MR) is 56.0 cm³/mol. The molecule has 0 unspecified atom stereocenters. The first-order valence-corrected chi connectivity index (χ1v) is 5.31. The molecule has 1 aromatic rings. The van der Waals surface area contributed by atoms with E-state index in [4.69, 9.17) is 5.11 Å². The topological polar surface area (TPSA) is 55.1 Å². The van der Waals surface area contributed by atoms with E-state index in [1.54, 1.807) is 10.7 Å². The van der Waals surface area contributed by atoms with Crippen molar-refractivity contribution in [2.24, 2.45) is 7.05 Å². The number of aromatic nitrogens is 2. The molecule has 1 aliphatic rings. The van der Waals surface area contributed by atoms with Gasteiger partial charge in [0.2, 0.25) is 0 Å². The zero-order chi connectivity index (χ0) is 11.1. The molecule has 0 bridgehead atoms. The van der Waals surface area contributed by atoms with Crippen LogP contribution in [0.5, 0.6) is 0 Å². The maximum Gasteiger partial charge on any atom is 0.356 e. The van der Waals surface area contributed by atoms with Crippen LogP contribution in [-0.2, 0) is 12.5 Å². The second kappa shape index (κ2) is 3.36. The highest BCUT2D eigenvalue weighted by molar-refractivity contribution is 5.85. The standard InChI is InChI=1S/C11H16N2O2/c1-11(5-3-4-6-11)9-7-8(10(14)15)12-13(9)2/h7H,3-6H2,1-2H3,(H,14,15). The number of carboxylic acid groups (broad SMARTS) is 1. The van der Waals surface area contributed by atoms with Crippen LogP contribution in [0.25, 0.3) is 0 Å². The van der Waals surface area contributed by atoms with Gasteiger partial charge in [0.1, 0.15) is 0 Å². The third kappa shape index (κ3) is 1.64. The molecule has 1 saturated carbocycles. The Morgan fingerprint density at radius 1 is 1.53 bits per heavy atom. The minimum atomic E-state index is -0.946. The van der Waals surface area contributed by atoms with Gasteiger partial charge in [0, 0.05) is 18.2 Å². The Bertz CT molecular complexity index is 389. The van der Waals surface area contributed by atoms with E-state index < -0.39 is 5.97 Å². The van der Waals surface area contributed by atoms with Crippen molar-refractivity contribution in [3.8, 4) is 0 Å². The first kappa shape index (κ1) is 10.2. The number of aromatic carboxylic acids is 1. The van der Waals surface area contributed by atoms with Crippen LogP contribution in [0.3, 0.4) is 0 Å². The normalized spacial score (nSPS) is 19.3. The van der Waals surface area contributed by atoms with Gasteiger partial charge in [-0.05, 0) is 18.9 Å². The van der Waals surface area contributed by atoms with Crippen molar-refractivity contribution in [1.82, 2.24) is 9.78 Å². The lowest BCUT2D eigenvalue weighted by Crippen LogP contribution is -2.20. The Morgan fingerprint density at radius 3 is 2.60 bits per heavy atom. The molecule has 4 heteroatoms. The van der Waals surface area contributed by atoms with Gasteiger partial charge in [-0.1, -0.05) is 19.8 Å². The van der Waals surface area contributed by atoms with Gasteiger partial charge in [-0.25, -0.2) is 4.79 Å². The molecule has 0 aromatic carbocycles. The van der Waals surface area contributed by atoms with Gasteiger partial charge in [0.25, 0.3) is 0 Å². The van der Waals surface area contributed by atoms with E-state index in [0.717, 1.165) is 18.5 Å². The highest BCUT2D eigenvalue weighted by atomic mass is 16.4. The molecule has 4 nitrogen and oxygen atoms in total. The van der Waals surface area contributed by atoms with Crippen LogP contribution in [0.1, 0.15) is 48.8 Å². The number of hydrogen-bond acceptors (Lipinski definition) is 2. The number of nitrogens with zero attached hydrogens (tertiary/aromatic N) is 2. The number of rotatable bonds is 2. The highest BCUT2D eigenvalue weighted by Crippen LogP contribution is 2.40. The number of aryl methyl sites for hydroxylation is 1. The summed E-state index contributed by atoms with van der Waals surface area (Å²) in [6, 6.07) is 1.72. The lowest BCUT2D eigenvalue weighted by atomic mass is 9.85. The minimum Gasteiger partial charge on any atom is -0.476 e. The van der Waals surface area contributed by atoms with Gasteiger partial charge < -0.3 is 5.11 Å². The summed E-state index contributed by atoms with van der Waals surface area (Å²) in [5.74, 6) is -0.946. The molecule has 1 aliphatic carbocycles. The van der Waals surface area contributed by atoms with Crippen molar-refractivity contribution in [3.63, 3.8) is 0 Å². The van der Waals surface area contributed by atoms with E-state index in [9.17, 15) is 4.79 Å². The molecule has 2 rings (SSSR count). The molecular formula is C11H16N2O2. The first-order valence-electron chi connectivity index (χ1n) is 5.31. The van der Waals surface area contributed by atoms with Crippen LogP contribution >= 0.6 is 0 Å². The Morgan fingerprint density at radius 2 is 2.13 bits per heavy atom. The second-order valence-corrected chi connectivity index (χ2v) is 4.61. The van der Waals surface area contributed by atoms with E-state index in [1.807, 2.05) is 7.05 Å². The molecule has 0 spiro atoms. The molecule has 0 amide bonds. The molecule has 0 radical (unpaired) electrons. The Hall–Kier alpha value is -1.32. The molecule has 1 aromatic heterocycles. The van der Waals surface area contributed by atoms with Crippen molar-refractivity contribution in [3.05, 3.63) is 17.5 Å². The summed E-state index contributed by atoms with van der Waals surface area (Å²) in [7, 11) is 1.82. The zero-order valence-electron chi connectivity index (χ0n) is 9.16. The summed E-state index contributed by atoms with van der Waals surface area (Å²) in [4.78, 5) is 10.8. The fourth-order valence-electron chi connectivity index (χ4n) is 2.55. The second-order valence-electron chi connectivity index (χ2n) is 4.61. The summed E-state index contributed by atoms with van der Waals surface area (Å²) in [6.45, 7) is 2.20. The Kier molecular flexibility index (Phi) is 2.29. The molecule has 0 saturated heterocycles. The van der Waals surface area contributed by atoms with Crippen LogP contribution in [0, 0.1) is 0 Å². The zero-order valence-corrected chi connectivity index (χ0v) is 9.16. The van der Waals surface area contributed by atoms with Crippen molar-refractivity contribution in [2.75, 3.05) is 0 Å². The van der Waals surface area contributed by atoms with Crippen molar-refractivity contribution >= 4 is 5.97 Å². The Labute approximate surface area is 88.9 Å². The largest absolute Gasteiger partial charge is 0.476 e. The number of carboxylic acids is 1. The highest BCUT2D eigenvalue weighted by Gasteiger charge is 2.34. The van der Waals surface area contributed by atoms with Crippen LogP contribution in [0.4, 0.5) is 0 Å². The quantitative estimate of drug-likeness (QED) is 0.808. The van der Waals surface area contributed by atoms with E-state index in [2.05, 4.69) is 12.0 Å². The first-order chi connectivity index (χ1) is 7.03. The van der Waals surface area contributed by atoms with E-state index in [-0.39, 0.29) is 11.1 Å². The third-order valence-electron chi connectivity index (χ3n) is 3.42. The smallest absolute Gasteiger partial charge is 0.356 e. The van der Waals surface area contributed by atoms with Crippen LogP contribution < -0.4 is 0 Å². The fraction of sp³-hybridized carbons (Fsp3) is 0.636. The van der Waals surface area contributed by atoms with Gasteiger partial charge in [-0.2, -0.15) is 5.10 Å². The summed E-state index contributed by atoms with van der Waals surface area (Å²) in [5, 5.41) is 12.9. The lowest BCUT2D eigenvalue weighted by Gasteiger charge is -2.23. The summed E-state index contributed by atoms with van der Waals surface area (Å²) < 4.78 is 1.72. The SMILES string of the molecule is Cn1nc(C(=O)O)cc1C1(C)CCCC1. The van der Waals surface area contributed by atoms with Crippen LogP contribution in [0.15, 0.2) is 6.07 Å². The molecule has 82 valence electrons. The number of carbonyl (C=O) groups is 1. The summed E-state index contributed by atoms with van der Waals surface area (Å²) in [5.41, 5.74) is 1.33. The average molecular weight is 208 g/mol. The molecule has 1 heterocycles. The predicted octanol–water partition coefficient (Wildman–Crippen LogP) is 1.95. The minimum absolute atomic E-state index is 0.120. The lowest BCUT2D eigenvalue weighted by molar-refractivity contribution is 0.0689. The molecule has 0 aliphatic heterocycles. The monoisotopic (exact) mass is 208 g/mol. The van der Waals surface area contributed by atoms with E-state index >= 15 is 0 Å². The van der Waals surface area contributed by atoms with Gasteiger partial charge in [-0.3, -0.25) is 4.68 Å². The summed E-state index contributed by atoms with van der Waals surface area (Å²) in [6.07, 6.45) is 4.71. The molecule has 15 heavy (non-hydrogen) atoms. The van der Waals surface area contributed by atoms with E-state index in [1.165, 1.54) is 12.8 Å². The van der Waals surface area contributed by atoms with Crippen molar-refractivity contribution in [1.29, 1.82) is 0 Å². The van der Waals surface area contributed by atoms with Gasteiger partial charge in [-0.15, -0.1) is 0 Å². The third-order valence-corrected chi connectivity index (χ3v) is 3.42. The molecular weight excluding hydrogens is 192 g/mol. The van der Waals surface area contributed by atoms with Crippen molar-refractivity contribution < 1.29 is 9.90 Å². The van der Waals surface area contributed by atoms with Crippen LogP contribution in [0.2, 0.25) is 0 Å². The van der Waals surface area contributed by atoms with Crippen molar-refractivity contribution in [2.45, 2.75) is 38.0 Å². The van der Waals surface area contributed by atoms with Gasteiger partial charge in [0.15, 0.2) is 5.69 Å². The molecule has 1 N–H and O–H groups in total. The fourth-order valence-corrected chi connectivity index (χ4v) is 2.55.